The Morgan fingerprint density at radius 2 is 2.31 bits per heavy atom. The van der Waals surface area contributed by atoms with Gasteiger partial charge in [0.2, 0.25) is 0 Å². The van der Waals surface area contributed by atoms with Crippen LogP contribution in [0.25, 0.3) is 0 Å². The first-order valence-corrected chi connectivity index (χ1v) is 3.14. The highest BCUT2D eigenvalue weighted by Crippen LogP contribution is 2.23. The van der Waals surface area contributed by atoms with E-state index in [9.17, 15) is 10.2 Å². The Labute approximate surface area is 93.7 Å². The Hall–Kier alpha value is -0.650. The normalized spacial score (nSPS) is 17.2. The summed E-state index contributed by atoms with van der Waals surface area (Å²) in [4.78, 5) is 3.44. The molecule has 0 bridgehead atoms. The maximum Gasteiger partial charge on any atom is 0.142 e. The second-order valence-electron chi connectivity index (χ2n) is 2.13. The smallest absolute Gasteiger partial charge is 0.142 e. The molecule has 1 aromatic heterocycles. The molecule has 0 fully saturated rings. The third-order valence-electron chi connectivity index (χ3n) is 1.41. The molecule has 5 heteroatoms. The molecule has 3 N–H and O–H groups in total. The Bertz CT molecular complexity index is 432. The number of aromatic hydroxyl groups is 1. The average Bonchev–Trinajstić information content (AvgIpc) is 2.12. The van der Waals surface area contributed by atoms with Crippen molar-refractivity contribution in [2.45, 2.75) is 20.0 Å². The first-order valence-electron chi connectivity index (χ1n) is 5.64. The zero-order valence-corrected chi connectivity index (χ0v) is 8.04. The maximum atomic E-state index is 9.64. The first kappa shape index (κ1) is 5.95. The second-order valence-corrected chi connectivity index (χ2v) is 2.13. The van der Waals surface area contributed by atoms with E-state index in [1.807, 2.05) is 0 Å². The van der Waals surface area contributed by atoms with E-state index in [0.29, 0.717) is 0 Å². The molecule has 0 aliphatic carbocycles. The van der Waals surface area contributed by atoms with Crippen LogP contribution in [0.4, 0.5) is 0 Å². The van der Waals surface area contributed by atoms with E-state index in [4.69, 9.17) is 12.0 Å². The molecule has 0 saturated heterocycles. The predicted molar refractivity (Wildman–Crippen MR) is 42.5 cm³/mol. The van der Waals surface area contributed by atoms with Crippen LogP contribution in [-0.4, -0.2) is 20.3 Å². The van der Waals surface area contributed by atoms with Gasteiger partial charge in [-0.2, -0.15) is 0 Å². The molecule has 0 aliphatic rings. The minimum atomic E-state index is -2.97. The highest BCUT2D eigenvalue weighted by molar-refractivity contribution is 5.39. The van der Waals surface area contributed by atoms with Crippen molar-refractivity contribution in [1.29, 1.82) is 0 Å². The van der Waals surface area contributed by atoms with Crippen LogP contribution in [-0.2, 0) is 13.2 Å². The van der Waals surface area contributed by atoms with Crippen LogP contribution in [0, 0.1) is 6.85 Å². The molecule has 1 heterocycles. The van der Waals surface area contributed by atoms with Crippen LogP contribution in [0.5, 0.6) is 5.75 Å². The van der Waals surface area contributed by atoms with Crippen molar-refractivity contribution in [2.75, 3.05) is 0 Å². The van der Waals surface area contributed by atoms with Crippen LogP contribution < -0.4 is 17.0 Å². The molecule has 74 valence electrons. The number of halogens is 1. The lowest BCUT2D eigenvalue weighted by atomic mass is 10.1. The summed E-state index contributed by atoms with van der Waals surface area (Å²) >= 11 is 0. The zero-order valence-electron chi connectivity index (χ0n) is 11.5. The molecular weight excluding hydrogens is 238 g/mol. The second kappa shape index (κ2) is 5.16. The summed E-state index contributed by atoms with van der Waals surface area (Å²) < 4.78 is 35.5. The van der Waals surface area contributed by atoms with E-state index in [0.717, 1.165) is 6.20 Å². The Morgan fingerprint density at radius 3 is 2.77 bits per heavy atom. The number of pyridine rings is 1. The van der Waals surface area contributed by atoms with Gasteiger partial charge in [0.1, 0.15) is 5.75 Å². The minimum absolute atomic E-state index is 0. The molecule has 0 saturated carbocycles. The lowest BCUT2D eigenvalue weighted by molar-refractivity contribution is -0.00000554. The van der Waals surface area contributed by atoms with Gasteiger partial charge >= 0.3 is 0 Å². The fourth-order valence-electron chi connectivity index (χ4n) is 0.783. The van der Waals surface area contributed by atoms with E-state index < -0.39 is 37.0 Å². The number of hydrogen-bond donors (Lipinski definition) is 3. The van der Waals surface area contributed by atoms with Gasteiger partial charge in [-0.05, 0) is 6.85 Å². The summed E-state index contributed by atoms with van der Waals surface area (Å²) in [6, 6.07) is 0. The molecule has 0 atom stereocenters. The van der Waals surface area contributed by atoms with E-state index in [1.165, 1.54) is 0 Å². The van der Waals surface area contributed by atoms with Gasteiger partial charge in [0.05, 0.1) is 21.6 Å². The van der Waals surface area contributed by atoms with Crippen LogP contribution in [0.2, 0.25) is 0 Å². The van der Waals surface area contributed by atoms with Crippen molar-refractivity contribution in [1.82, 2.24) is 4.98 Å². The number of hydrogen-bond acceptors (Lipinski definition) is 4. The lowest BCUT2D eigenvalue weighted by Gasteiger charge is -2.07. The zero-order chi connectivity index (χ0) is 13.4. The quantitative estimate of drug-likeness (QED) is 0.529. The Kier molecular flexibility index (Phi) is 2.36. The molecule has 1 aromatic rings. The molecule has 13 heavy (non-hydrogen) atoms. The van der Waals surface area contributed by atoms with Crippen LogP contribution in [0.3, 0.4) is 0 Å². The van der Waals surface area contributed by atoms with Crippen molar-refractivity contribution in [3.8, 4) is 5.75 Å². The van der Waals surface area contributed by atoms with Gasteiger partial charge in [0.15, 0.2) is 0 Å². The Morgan fingerprint density at radius 1 is 1.62 bits per heavy atom. The molecule has 0 unspecified atom stereocenters. The molecule has 0 radical (unpaired) electrons. The minimum Gasteiger partial charge on any atom is -1.00 e. The number of nitrogens with zero attached hydrogens (tertiary/aromatic N) is 1. The topological polar surface area (TPSA) is 73.6 Å². The highest BCUT2D eigenvalue weighted by atomic mass is 79.9. The summed E-state index contributed by atoms with van der Waals surface area (Å²) in [6.07, 6.45) is 0.908. The van der Waals surface area contributed by atoms with Crippen molar-refractivity contribution in [2.24, 2.45) is 0 Å². The standard InChI is InChI=1S/C8H11NO3.BrH/c1-5-8(12)7(4-11)6(3-10)2-9-5;/h2,10-12H,3-4H2,1H3;1H/p-1/i1D3,4D2;. The number of aliphatic hydroxyl groups is 2. The number of rotatable bonds is 2. The van der Waals surface area contributed by atoms with Crippen LogP contribution >= 0.6 is 0 Å². The summed E-state index contributed by atoms with van der Waals surface area (Å²) in [7, 11) is 0. The van der Waals surface area contributed by atoms with Crippen molar-refractivity contribution >= 4 is 0 Å². The van der Waals surface area contributed by atoms with Crippen molar-refractivity contribution < 1.29 is 39.2 Å². The molecule has 0 spiro atoms. The average molecular weight is 254 g/mol. The maximum absolute atomic E-state index is 9.64. The molecule has 4 nitrogen and oxygen atoms in total. The van der Waals surface area contributed by atoms with E-state index in [2.05, 4.69) is 4.98 Å². The van der Waals surface area contributed by atoms with Gasteiger partial charge in [0, 0.05) is 21.4 Å². The molecule has 1 rings (SSSR count). The van der Waals surface area contributed by atoms with E-state index in [-0.39, 0.29) is 22.5 Å². The molecule has 0 aliphatic heterocycles. The number of aromatic nitrogens is 1. The molecule has 0 amide bonds. The highest BCUT2D eigenvalue weighted by Gasteiger charge is 2.09. The largest absolute Gasteiger partial charge is 1.00 e. The van der Waals surface area contributed by atoms with Crippen molar-refractivity contribution in [3.05, 3.63) is 23.0 Å². The van der Waals surface area contributed by atoms with Crippen molar-refractivity contribution in [3.63, 3.8) is 0 Å². The summed E-state index contributed by atoms with van der Waals surface area (Å²) in [5, 5.41) is 27.8. The van der Waals surface area contributed by atoms with Gasteiger partial charge in [-0.3, -0.25) is 4.98 Å². The van der Waals surface area contributed by atoms with Gasteiger partial charge in [-0.25, -0.2) is 0 Å². The van der Waals surface area contributed by atoms with Gasteiger partial charge in [-0.1, -0.05) is 0 Å². The number of aliphatic hydroxyl groups excluding tert-OH is 1. The van der Waals surface area contributed by atoms with Gasteiger partial charge in [-0.15, -0.1) is 0 Å². The molecular formula is C8H11BrNO3-. The third kappa shape index (κ3) is 2.40. The molecule has 0 aromatic carbocycles. The van der Waals surface area contributed by atoms with E-state index in [1.54, 1.807) is 0 Å². The predicted octanol–water partition coefficient (Wildman–Crippen LogP) is -2.92. The van der Waals surface area contributed by atoms with Crippen LogP contribution in [0.15, 0.2) is 6.20 Å². The fraction of sp³-hybridized carbons (Fsp3) is 0.375. The summed E-state index contributed by atoms with van der Waals surface area (Å²) in [5.41, 5.74) is -1.58. The Balaban J connectivity index is 0.00000289. The van der Waals surface area contributed by atoms with Gasteiger partial charge in [0.25, 0.3) is 0 Å². The third-order valence-corrected chi connectivity index (χ3v) is 1.41. The fourth-order valence-corrected chi connectivity index (χ4v) is 0.783. The van der Waals surface area contributed by atoms with Gasteiger partial charge < -0.3 is 32.3 Å². The first-order chi connectivity index (χ1) is 7.59. The monoisotopic (exact) mass is 253 g/mol. The lowest BCUT2D eigenvalue weighted by Crippen LogP contribution is -3.00. The summed E-state index contributed by atoms with van der Waals surface area (Å²) in [6.45, 7) is -6.39. The van der Waals surface area contributed by atoms with E-state index >= 15 is 0 Å². The SMILES string of the molecule is [2H]C([2H])([2H])c1ncc(CO)c(C([2H])([2H])O)c1O.[Br-]. The number of aryl methyl sites for hydroxylation is 1. The van der Waals surface area contributed by atoms with Crippen LogP contribution in [0.1, 0.15) is 23.7 Å². The summed E-state index contributed by atoms with van der Waals surface area (Å²) in [5.74, 6) is -0.968.